The van der Waals surface area contributed by atoms with Crippen LogP contribution in [0.15, 0.2) is 12.1 Å². The summed E-state index contributed by atoms with van der Waals surface area (Å²) >= 11 is 4.43. The number of hydrogen-bond donors (Lipinski definition) is 1. The number of nitro benzene ring substituents is 1. The molecule has 0 N–H and O–H groups in total. The second-order valence-electron chi connectivity index (χ2n) is 5.32. The summed E-state index contributed by atoms with van der Waals surface area (Å²) in [5.74, 6) is 1.49. The second-order valence-corrected chi connectivity index (χ2v) is 5.63. The fourth-order valence-corrected chi connectivity index (χ4v) is 2.62. The summed E-state index contributed by atoms with van der Waals surface area (Å²) in [5, 5.41) is 10.9. The molecule has 0 amide bonds. The predicted octanol–water partition coefficient (Wildman–Crippen LogP) is 4.33. The summed E-state index contributed by atoms with van der Waals surface area (Å²) in [4.78, 5) is 10.5. The average Bonchev–Trinajstić information content (AvgIpc) is 2.43. The maximum absolute atomic E-state index is 10.9. The van der Waals surface area contributed by atoms with Gasteiger partial charge in [-0.1, -0.05) is 13.8 Å². The number of benzene rings is 1. The molecule has 0 aliphatic rings. The van der Waals surface area contributed by atoms with Crippen LogP contribution in [-0.2, 0) is 0 Å². The Morgan fingerprint density at radius 2 is 1.85 bits per heavy atom. The molecule has 0 spiro atoms. The quantitative estimate of drug-likeness (QED) is 0.463. The van der Waals surface area contributed by atoms with Gasteiger partial charge in [0.05, 0.1) is 11.5 Å². The number of nitro groups is 1. The standard InChI is InChI=1S/C15H23NO3S/c1-5-15(6-2,10-20)9-19-14-8-11(3)13(16(17)18)7-12(14)4/h7-8,20H,5-6,9-10H2,1-4H3. The fraction of sp³-hybridized carbons (Fsp3) is 0.600. The summed E-state index contributed by atoms with van der Waals surface area (Å²) in [7, 11) is 0. The normalized spacial score (nSPS) is 11.4. The number of hydrogen-bond acceptors (Lipinski definition) is 4. The van der Waals surface area contributed by atoms with Crippen LogP contribution < -0.4 is 4.74 Å². The van der Waals surface area contributed by atoms with Gasteiger partial charge < -0.3 is 4.74 Å². The Hall–Kier alpha value is -1.23. The lowest BCUT2D eigenvalue weighted by atomic mass is 9.85. The molecule has 1 aromatic rings. The van der Waals surface area contributed by atoms with Gasteiger partial charge in [-0.3, -0.25) is 10.1 Å². The van der Waals surface area contributed by atoms with Crippen molar-refractivity contribution in [3.63, 3.8) is 0 Å². The van der Waals surface area contributed by atoms with Gasteiger partial charge in [-0.25, -0.2) is 0 Å². The molecule has 20 heavy (non-hydrogen) atoms. The first-order valence-electron chi connectivity index (χ1n) is 6.88. The number of nitrogens with zero attached hydrogens (tertiary/aromatic N) is 1. The maximum Gasteiger partial charge on any atom is 0.272 e. The summed E-state index contributed by atoms with van der Waals surface area (Å²) in [6.07, 6.45) is 2.00. The molecule has 0 fully saturated rings. The van der Waals surface area contributed by atoms with Gasteiger partial charge in [0.25, 0.3) is 5.69 Å². The monoisotopic (exact) mass is 297 g/mol. The Balaban J connectivity index is 2.94. The Morgan fingerprint density at radius 1 is 1.25 bits per heavy atom. The van der Waals surface area contributed by atoms with Crippen molar-refractivity contribution in [3.8, 4) is 5.75 Å². The second kappa shape index (κ2) is 6.97. The van der Waals surface area contributed by atoms with Crippen LogP contribution in [0.4, 0.5) is 5.69 Å². The minimum Gasteiger partial charge on any atom is -0.493 e. The summed E-state index contributed by atoms with van der Waals surface area (Å²) in [6.45, 7) is 8.42. The van der Waals surface area contributed by atoms with Crippen molar-refractivity contribution in [1.29, 1.82) is 0 Å². The van der Waals surface area contributed by atoms with Crippen LogP contribution in [0.25, 0.3) is 0 Å². The topological polar surface area (TPSA) is 52.4 Å². The highest BCUT2D eigenvalue weighted by atomic mass is 32.1. The number of aryl methyl sites for hydroxylation is 2. The highest BCUT2D eigenvalue weighted by Gasteiger charge is 2.26. The third-order valence-corrected chi connectivity index (χ3v) is 4.73. The zero-order chi connectivity index (χ0) is 15.3. The Kier molecular flexibility index (Phi) is 5.87. The van der Waals surface area contributed by atoms with Gasteiger partial charge in [-0.2, -0.15) is 12.6 Å². The van der Waals surface area contributed by atoms with Crippen molar-refractivity contribution in [3.05, 3.63) is 33.4 Å². The molecule has 1 aromatic carbocycles. The first kappa shape index (κ1) is 16.8. The van der Waals surface area contributed by atoms with Crippen LogP contribution in [0.2, 0.25) is 0 Å². The van der Waals surface area contributed by atoms with E-state index in [1.165, 1.54) is 0 Å². The molecule has 0 saturated carbocycles. The molecule has 0 atom stereocenters. The Bertz CT molecular complexity index is 476. The molecule has 0 unspecified atom stereocenters. The van der Waals surface area contributed by atoms with Gasteiger partial charge >= 0.3 is 0 Å². The predicted molar refractivity (Wildman–Crippen MR) is 84.9 cm³/mol. The van der Waals surface area contributed by atoms with Crippen molar-refractivity contribution >= 4 is 18.3 Å². The molecule has 0 saturated heterocycles. The van der Waals surface area contributed by atoms with Gasteiger partial charge in [0.1, 0.15) is 5.75 Å². The van der Waals surface area contributed by atoms with E-state index in [4.69, 9.17) is 4.74 Å². The maximum atomic E-state index is 10.9. The molecule has 5 heteroatoms. The minimum atomic E-state index is -0.359. The van der Waals surface area contributed by atoms with Crippen LogP contribution >= 0.6 is 12.6 Å². The molecule has 0 heterocycles. The SMILES string of the molecule is CCC(CC)(CS)COc1cc(C)c([N+](=O)[O-])cc1C. The lowest BCUT2D eigenvalue weighted by Gasteiger charge is -2.30. The van der Waals surface area contributed by atoms with Crippen LogP contribution in [0.3, 0.4) is 0 Å². The highest BCUT2D eigenvalue weighted by molar-refractivity contribution is 7.80. The molecule has 0 radical (unpaired) electrons. The van der Waals surface area contributed by atoms with E-state index in [1.54, 1.807) is 19.1 Å². The number of ether oxygens (including phenoxy) is 1. The smallest absolute Gasteiger partial charge is 0.272 e. The lowest BCUT2D eigenvalue weighted by Crippen LogP contribution is -2.29. The third-order valence-electron chi connectivity index (χ3n) is 4.06. The van der Waals surface area contributed by atoms with Crippen molar-refractivity contribution in [2.45, 2.75) is 40.5 Å². The van der Waals surface area contributed by atoms with E-state index < -0.39 is 0 Å². The van der Waals surface area contributed by atoms with Crippen LogP contribution in [0.5, 0.6) is 5.75 Å². The van der Waals surface area contributed by atoms with Gasteiger partial charge in [-0.05, 0) is 44.1 Å². The summed E-state index contributed by atoms with van der Waals surface area (Å²) in [6, 6.07) is 3.33. The third kappa shape index (κ3) is 3.66. The van der Waals surface area contributed by atoms with Crippen molar-refractivity contribution in [2.24, 2.45) is 5.41 Å². The summed E-state index contributed by atoms with van der Waals surface area (Å²) in [5.41, 5.74) is 1.62. The molecule has 112 valence electrons. The largest absolute Gasteiger partial charge is 0.493 e. The lowest BCUT2D eigenvalue weighted by molar-refractivity contribution is -0.385. The summed E-state index contributed by atoms with van der Waals surface area (Å²) < 4.78 is 5.92. The zero-order valence-corrected chi connectivity index (χ0v) is 13.5. The fourth-order valence-electron chi connectivity index (χ4n) is 2.08. The number of rotatable bonds is 7. The van der Waals surface area contributed by atoms with E-state index in [0.29, 0.717) is 12.2 Å². The van der Waals surface area contributed by atoms with E-state index in [2.05, 4.69) is 26.5 Å². The Morgan fingerprint density at radius 3 is 2.30 bits per heavy atom. The van der Waals surface area contributed by atoms with Crippen LogP contribution in [-0.4, -0.2) is 17.3 Å². The van der Waals surface area contributed by atoms with Gasteiger partial charge in [-0.15, -0.1) is 0 Å². The molecule has 0 bridgehead atoms. The van der Waals surface area contributed by atoms with Crippen molar-refractivity contribution in [2.75, 3.05) is 12.4 Å². The van der Waals surface area contributed by atoms with E-state index in [1.807, 2.05) is 6.92 Å². The van der Waals surface area contributed by atoms with Crippen molar-refractivity contribution < 1.29 is 9.66 Å². The molecular formula is C15H23NO3S. The van der Waals surface area contributed by atoms with Crippen LogP contribution in [0.1, 0.15) is 37.8 Å². The first-order chi connectivity index (χ1) is 9.39. The van der Waals surface area contributed by atoms with E-state index in [0.717, 1.165) is 29.9 Å². The highest BCUT2D eigenvalue weighted by Crippen LogP contribution is 2.32. The van der Waals surface area contributed by atoms with E-state index in [-0.39, 0.29) is 16.0 Å². The van der Waals surface area contributed by atoms with Gasteiger partial charge in [0, 0.05) is 17.0 Å². The molecule has 1 rings (SSSR count). The number of thiol groups is 1. The molecule has 0 aliphatic carbocycles. The Labute approximate surface area is 126 Å². The zero-order valence-electron chi connectivity index (χ0n) is 12.6. The minimum absolute atomic E-state index is 0.0607. The van der Waals surface area contributed by atoms with Crippen molar-refractivity contribution in [1.82, 2.24) is 0 Å². The van der Waals surface area contributed by atoms with Gasteiger partial charge in [0.2, 0.25) is 0 Å². The van der Waals surface area contributed by atoms with E-state index in [9.17, 15) is 10.1 Å². The molecule has 4 nitrogen and oxygen atoms in total. The first-order valence-corrected chi connectivity index (χ1v) is 7.51. The van der Waals surface area contributed by atoms with Crippen LogP contribution in [0, 0.1) is 29.4 Å². The van der Waals surface area contributed by atoms with E-state index >= 15 is 0 Å². The molecule has 0 aromatic heterocycles. The van der Waals surface area contributed by atoms with Gasteiger partial charge in [0.15, 0.2) is 0 Å². The molecule has 0 aliphatic heterocycles. The average molecular weight is 297 g/mol. The molecular weight excluding hydrogens is 274 g/mol.